The number of methoxy groups -OCH3 is 1. The van der Waals surface area contributed by atoms with Crippen LogP contribution in [0.5, 0.6) is 5.75 Å². The second kappa shape index (κ2) is 7.22. The van der Waals surface area contributed by atoms with Gasteiger partial charge in [-0.05, 0) is 23.8 Å². The number of hydrogen-bond donors (Lipinski definition) is 0. The summed E-state index contributed by atoms with van der Waals surface area (Å²) in [6, 6.07) is 9.48. The lowest BCUT2D eigenvalue weighted by atomic mass is 9.89. The number of likely N-dealkylation sites (tertiary alicyclic amines) is 2. The van der Waals surface area contributed by atoms with Crippen LogP contribution in [0.25, 0.3) is 0 Å². The fourth-order valence-electron chi connectivity index (χ4n) is 4.47. The van der Waals surface area contributed by atoms with Gasteiger partial charge in [0.1, 0.15) is 17.3 Å². The summed E-state index contributed by atoms with van der Waals surface area (Å²) in [5.74, 6) is 0.303. The van der Waals surface area contributed by atoms with E-state index in [9.17, 15) is 14.0 Å². The molecule has 0 spiro atoms. The Morgan fingerprint density at radius 1 is 1.18 bits per heavy atom. The number of hydrogen-bond acceptors (Lipinski definition) is 4. The van der Waals surface area contributed by atoms with Crippen molar-refractivity contribution >= 4 is 11.8 Å². The maximum atomic E-state index is 13.8. The molecule has 0 bridgehead atoms. The summed E-state index contributed by atoms with van der Waals surface area (Å²) < 4.78 is 19.0. The molecule has 0 radical (unpaired) electrons. The standard InChI is InChI=1S/C21H22FN3O3/c1-13(26)25-11-15-10-24(21(27)19-9-17(28-2)6-7-23-19)12-18(15)20(25)14-4-3-5-16(22)8-14/h3-9,15,18,20H,10-12H2,1-2H3/t15-,18-,20-/m1/s1. The minimum atomic E-state index is -0.323. The lowest BCUT2D eigenvalue weighted by Crippen LogP contribution is -2.36. The number of benzene rings is 1. The molecule has 7 heteroatoms. The van der Waals surface area contributed by atoms with Crippen LogP contribution in [0.4, 0.5) is 4.39 Å². The van der Waals surface area contributed by atoms with Crippen molar-refractivity contribution in [2.75, 3.05) is 26.7 Å². The quantitative estimate of drug-likeness (QED) is 0.817. The molecule has 2 amide bonds. The number of fused-ring (bicyclic) bond motifs is 1. The lowest BCUT2D eigenvalue weighted by Gasteiger charge is -2.29. The van der Waals surface area contributed by atoms with Crippen molar-refractivity contribution < 1.29 is 18.7 Å². The van der Waals surface area contributed by atoms with Crippen LogP contribution in [0.15, 0.2) is 42.6 Å². The minimum absolute atomic E-state index is 0.0315. The molecule has 0 N–H and O–H groups in total. The van der Waals surface area contributed by atoms with Gasteiger partial charge in [-0.15, -0.1) is 0 Å². The van der Waals surface area contributed by atoms with E-state index >= 15 is 0 Å². The van der Waals surface area contributed by atoms with Gasteiger partial charge in [0.05, 0.1) is 13.2 Å². The van der Waals surface area contributed by atoms with E-state index in [1.165, 1.54) is 19.1 Å². The van der Waals surface area contributed by atoms with Gasteiger partial charge >= 0.3 is 0 Å². The summed E-state index contributed by atoms with van der Waals surface area (Å²) in [7, 11) is 1.55. The number of pyridine rings is 1. The van der Waals surface area contributed by atoms with E-state index in [1.807, 2.05) is 6.07 Å². The molecular weight excluding hydrogens is 361 g/mol. The molecule has 28 heavy (non-hydrogen) atoms. The number of rotatable bonds is 3. The summed E-state index contributed by atoms with van der Waals surface area (Å²) in [6.45, 7) is 3.16. The summed E-state index contributed by atoms with van der Waals surface area (Å²) >= 11 is 0. The Labute approximate surface area is 162 Å². The van der Waals surface area contributed by atoms with Crippen LogP contribution in [0.1, 0.15) is 29.0 Å². The molecule has 6 nitrogen and oxygen atoms in total. The van der Waals surface area contributed by atoms with Crippen LogP contribution in [0.3, 0.4) is 0 Å². The van der Waals surface area contributed by atoms with Crippen molar-refractivity contribution in [3.63, 3.8) is 0 Å². The first-order valence-electron chi connectivity index (χ1n) is 9.30. The van der Waals surface area contributed by atoms with Crippen LogP contribution < -0.4 is 4.74 Å². The molecule has 1 aromatic heterocycles. The number of nitrogens with zero attached hydrogens (tertiary/aromatic N) is 3. The lowest BCUT2D eigenvalue weighted by molar-refractivity contribution is -0.130. The second-order valence-electron chi connectivity index (χ2n) is 7.39. The highest BCUT2D eigenvalue weighted by Gasteiger charge is 2.49. The van der Waals surface area contributed by atoms with Gasteiger partial charge in [0.2, 0.25) is 5.91 Å². The maximum Gasteiger partial charge on any atom is 0.272 e. The minimum Gasteiger partial charge on any atom is -0.497 e. The molecule has 0 unspecified atom stereocenters. The number of aromatic nitrogens is 1. The average Bonchev–Trinajstić information content (AvgIpc) is 3.25. The number of carbonyl (C=O) groups excluding carboxylic acids is 2. The summed E-state index contributed by atoms with van der Waals surface area (Å²) in [5.41, 5.74) is 1.11. The van der Waals surface area contributed by atoms with Crippen molar-refractivity contribution in [1.29, 1.82) is 0 Å². The third-order valence-corrected chi connectivity index (χ3v) is 5.73. The summed E-state index contributed by atoms with van der Waals surface area (Å²) in [5, 5.41) is 0. The fraction of sp³-hybridized carbons (Fsp3) is 0.381. The normalized spacial score (nSPS) is 23.6. The highest BCUT2D eigenvalue weighted by molar-refractivity contribution is 5.93. The van der Waals surface area contributed by atoms with E-state index in [1.54, 1.807) is 41.3 Å². The van der Waals surface area contributed by atoms with Crippen LogP contribution in [0.2, 0.25) is 0 Å². The molecule has 2 aliphatic heterocycles. The Balaban J connectivity index is 1.59. The van der Waals surface area contributed by atoms with Crippen molar-refractivity contribution in [2.45, 2.75) is 13.0 Å². The molecule has 3 heterocycles. The molecule has 146 valence electrons. The Morgan fingerprint density at radius 2 is 2.00 bits per heavy atom. The van der Waals surface area contributed by atoms with Crippen molar-refractivity contribution in [3.05, 3.63) is 59.7 Å². The molecular formula is C21H22FN3O3. The van der Waals surface area contributed by atoms with E-state index in [-0.39, 0.29) is 35.5 Å². The topological polar surface area (TPSA) is 62.7 Å². The predicted molar refractivity (Wildman–Crippen MR) is 100 cm³/mol. The highest BCUT2D eigenvalue weighted by Crippen LogP contribution is 2.45. The van der Waals surface area contributed by atoms with Gasteiger partial charge in [0.25, 0.3) is 5.91 Å². The van der Waals surface area contributed by atoms with E-state index < -0.39 is 0 Å². The van der Waals surface area contributed by atoms with Crippen LogP contribution >= 0.6 is 0 Å². The molecule has 0 saturated carbocycles. The SMILES string of the molecule is COc1ccnc(C(=O)N2C[C@@H]3CN(C(C)=O)[C@H](c4cccc(F)c4)[C@@H]3C2)c1. The second-order valence-corrected chi connectivity index (χ2v) is 7.39. The molecule has 2 aliphatic rings. The Bertz CT molecular complexity index is 919. The third-order valence-electron chi connectivity index (χ3n) is 5.73. The Kier molecular flexibility index (Phi) is 4.75. The molecule has 0 aliphatic carbocycles. The molecule has 4 rings (SSSR count). The molecule has 1 aromatic carbocycles. The monoisotopic (exact) mass is 383 g/mol. The summed E-state index contributed by atoms with van der Waals surface area (Å²) in [6.07, 6.45) is 1.55. The average molecular weight is 383 g/mol. The van der Waals surface area contributed by atoms with E-state index in [0.29, 0.717) is 31.1 Å². The van der Waals surface area contributed by atoms with Gasteiger partial charge < -0.3 is 14.5 Å². The van der Waals surface area contributed by atoms with Crippen LogP contribution in [-0.4, -0.2) is 53.3 Å². The highest BCUT2D eigenvalue weighted by atomic mass is 19.1. The van der Waals surface area contributed by atoms with E-state index in [0.717, 1.165) is 5.56 Å². The van der Waals surface area contributed by atoms with Crippen molar-refractivity contribution in [1.82, 2.24) is 14.8 Å². The van der Waals surface area contributed by atoms with Crippen molar-refractivity contribution in [3.8, 4) is 5.75 Å². The number of carbonyl (C=O) groups is 2. The van der Waals surface area contributed by atoms with Gasteiger partial charge in [0.15, 0.2) is 0 Å². The smallest absolute Gasteiger partial charge is 0.272 e. The molecule has 2 fully saturated rings. The first-order valence-corrected chi connectivity index (χ1v) is 9.30. The van der Waals surface area contributed by atoms with Crippen LogP contribution in [0, 0.1) is 17.7 Å². The third kappa shape index (κ3) is 3.21. The van der Waals surface area contributed by atoms with Gasteiger partial charge in [-0.25, -0.2) is 4.39 Å². The first-order chi connectivity index (χ1) is 13.5. The zero-order chi connectivity index (χ0) is 19.8. The molecule has 3 atom stereocenters. The number of amides is 2. The van der Waals surface area contributed by atoms with Gasteiger partial charge in [0, 0.05) is 50.7 Å². The number of halogens is 1. The zero-order valence-electron chi connectivity index (χ0n) is 15.8. The van der Waals surface area contributed by atoms with Crippen LogP contribution in [-0.2, 0) is 4.79 Å². The predicted octanol–water partition coefficient (Wildman–Crippen LogP) is 2.52. The van der Waals surface area contributed by atoms with Gasteiger partial charge in [-0.1, -0.05) is 12.1 Å². The Hall–Kier alpha value is -2.96. The Morgan fingerprint density at radius 3 is 2.71 bits per heavy atom. The summed E-state index contributed by atoms with van der Waals surface area (Å²) in [4.78, 5) is 32.9. The fourth-order valence-corrected chi connectivity index (χ4v) is 4.47. The molecule has 2 saturated heterocycles. The van der Waals surface area contributed by atoms with Crippen molar-refractivity contribution in [2.24, 2.45) is 11.8 Å². The van der Waals surface area contributed by atoms with Gasteiger partial charge in [-0.3, -0.25) is 14.6 Å². The maximum absolute atomic E-state index is 13.8. The first kappa shape index (κ1) is 18.4. The zero-order valence-corrected chi connectivity index (χ0v) is 15.8. The molecule has 2 aromatic rings. The largest absolute Gasteiger partial charge is 0.497 e. The van der Waals surface area contributed by atoms with Gasteiger partial charge in [-0.2, -0.15) is 0 Å². The van der Waals surface area contributed by atoms with E-state index in [4.69, 9.17) is 4.74 Å². The van der Waals surface area contributed by atoms with E-state index in [2.05, 4.69) is 4.98 Å². The number of ether oxygens (including phenoxy) is 1.